The lowest BCUT2D eigenvalue weighted by Crippen LogP contribution is -2.36. The van der Waals surface area contributed by atoms with Crippen molar-refractivity contribution in [3.05, 3.63) is 17.0 Å². The molecule has 126 valence electrons. The number of imidazole rings is 1. The predicted molar refractivity (Wildman–Crippen MR) is 84.6 cm³/mol. The van der Waals surface area contributed by atoms with Gasteiger partial charge in [-0.3, -0.25) is 20.3 Å². The Bertz CT molecular complexity index is 786. The second-order valence-corrected chi connectivity index (χ2v) is 8.59. The highest BCUT2D eigenvalue weighted by Gasteiger charge is 2.36. The number of nitrogens with zero attached hydrogens (tertiary/aromatic N) is 2. The zero-order valence-corrected chi connectivity index (χ0v) is 13.9. The van der Waals surface area contributed by atoms with Gasteiger partial charge in [-0.15, -0.1) is 0 Å². The standard InChI is InChI=1S/C13H19N5O4S/c1-13(2,3)23(21,22)18-10-5-4-8(11(20)17-14)6-9(10)16-12(18)15-7-19/h6-7H,4-5,14H2,1-3H3,(H,17,20)(H,15,16,19). The van der Waals surface area contributed by atoms with Crippen LogP contribution in [0.2, 0.25) is 0 Å². The number of carbonyl (C=O) groups excluding carboxylic acids is 2. The van der Waals surface area contributed by atoms with E-state index < -0.39 is 20.7 Å². The molecule has 0 aliphatic heterocycles. The summed E-state index contributed by atoms with van der Waals surface area (Å²) in [5, 5.41) is 2.31. The van der Waals surface area contributed by atoms with Gasteiger partial charge in [0.1, 0.15) is 0 Å². The summed E-state index contributed by atoms with van der Waals surface area (Å²) >= 11 is 0. The van der Waals surface area contributed by atoms with Gasteiger partial charge < -0.3 is 0 Å². The first-order chi connectivity index (χ1) is 10.6. The molecule has 10 heteroatoms. The Hall–Kier alpha value is -2.20. The fourth-order valence-corrected chi connectivity index (χ4v) is 3.58. The van der Waals surface area contributed by atoms with Gasteiger partial charge in [0.25, 0.3) is 5.91 Å². The van der Waals surface area contributed by atoms with Gasteiger partial charge in [0.05, 0.1) is 16.1 Å². The smallest absolute Gasteiger partial charge is 0.261 e. The minimum Gasteiger partial charge on any atom is -0.298 e. The fraction of sp³-hybridized carbons (Fsp3) is 0.462. The maximum absolute atomic E-state index is 12.8. The molecular weight excluding hydrogens is 322 g/mol. The minimum atomic E-state index is -3.79. The molecule has 1 aliphatic rings. The highest BCUT2D eigenvalue weighted by atomic mass is 32.2. The molecule has 0 aromatic carbocycles. The summed E-state index contributed by atoms with van der Waals surface area (Å²) in [7, 11) is -3.79. The third-order valence-corrected chi connectivity index (χ3v) is 5.95. The van der Waals surface area contributed by atoms with Gasteiger partial charge in [-0.05, 0) is 39.7 Å². The molecule has 0 atom stereocenters. The Morgan fingerprint density at radius 1 is 1.39 bits per heavy atom. The average molecular weight is 341 g/mol. The first-order valence-corrected chi connectivity index (χ1v) is 8.36. The molecule has 1 aromatic rings. The molecule has 2 amide bonds. The lowest BCUT2D eigenvalue weighted by molar-refractivity contribution is -0.117. The number of fused-ring (bicyclic) bond motifs is 1. The molecule has 0 radical (unpaired) electrons. The Morgan fingerprint density at radius 3 is 2.57 bits per heavy atom. The summed E-state index contributed by atoms with van der Waals surface area (Å²) < 4.78 is 25.6. The number of anilines is 1. The quantitative estimate of drug-likeness (QED) is 0.299. The van der Waals surface area contributed by atoms with Gasteiger partial charge in [0.2, 0.25) is 22.4 Å². The maximum atomic E-state index is 12.8. The van der Waals surface area contributed by atoms with Crippen LogP contribution in [0.1, 0.15) is 38.6 Å². The fourth-order valence-electron chi connectivity index (χ4n) is 2.24. The highest BCUT2D eigenvalue weighted by molar-refractivity contribution is 7.91. The monoisotopic (exact) mass is 341 g/mol. The number of hydrogen-bond donors (Lipinski definition) is 3. The lowest BCUT2D eigenvalue weighted by atomic mass is 10.00. The van der Waals surface area contributed by atoms with Crippen molar-refractivity contribution >= 4 is 34.4 Å². The van der Waals surface area contributed by atoms with Gasteiger partial charge in [0, 0.05) is 5.57 Å². The number of hydrogen-bond acceptors (Lipinski definition) is 6. The van der Waals surface area contributed by atoms with Crippen molar-refractivity contribution in [2.75, 3.05) is 5.32 Å². The van der Waals surface area contributed by atoms with E-state index in [4.69, 9.17) is 5.84 Å². The van der Waals surface area contributed by atoms with E-state index in [1.165, 1.54) is 6.08 Å². The molecule has 0 saturated heterocycles. The van der Waals surface area contributed by atoms with Crippen LogP contribution in [0.4, 0.5) is 5.95 Å². The molecule has 1 heterocycles. The SMILES string of the molecule is CC(C)(C)S(=O)(=O)n1c(NC=O)nc2c1CCC(C(=O)NN)=C2. The van der Waals surface area contributed by atoms with Crippen molar-refractivity contribution in [2.24, 2.45) is 5.84 Å². The number of rotatable bonds is 4. The normalized spacial score (nSPS) is 14.7. The summed E-state index contributed by atoms with van der Waals surface area (Å²) in [6, 6.07) is 0. The summed E-state index contributed by atoms with van der Waals surface area (Å²) in [4.78, 5) is 26.5. The molecule has 9 nitrogen and oxygen atoms in total. The summed E-state index contributed by atoms with van der Waals surface area (Å²) in [5.41, 5.74) is 3.19. The zero-order chi connectivity index (χ0) is 17.4. The van der Waals surface area contributed by atoms with Crippen LogP contribution in [-0.4, -0.2) is 34.4 Å². The number of amides is 2. The molecule has 0 unspecified atom stereocenters. The van der Waals surface area contributed by atoms with Crippen LogP contribution < -0.4 is 16.6 Å². The third-order valence-electron chi connectivity index (χ3n) is 3.53. The van der Waals surface area contributed by atoms with E-state index in [2.05, 4.69) is 10.3 Å². The van der Waals surface area contributed by atoms with E-state index in [1.807, 2.05) is 5.43 Å². The van der Waals surface area contributed by atoms with Crippen molar-refractivity contribution in [1.29, 1.82) is 0 Å². The number of carbonyl (C=O) groups is 2. The summed E-state index contributed by atoms with van der Waals surface area (Å²) in [6.45, 7) is 4.68. The number of nitrogens with one attached hydrogen (secondary N) is 2. The van der Waals surface area contributed by atoms with Crippen molar-refractivity contribution in [3.63, 3.8) is 0 Å². The predicted octanol–water partition coefficient (Wildman–Crippen LogP) is -0.253. The van der Waals surface area contributed by atoms with Gasteiger partial charge in [-0.2, -0.15) is 0 Å². The Morgan fingerprint density at radius 2 is 2.04 bits per heavy atom. The Labute approximate surface area is 134 Å². The van der Waals surface area contributed by atoms with Crippen molar-refractivity contribution in [2.45, 2.75) is 38.4 Å². The second-order valence-electron chi connectivity index (χ2n) is 6.05. The van der Waals surface area contributed by atoms with Crippen LogP contribution in [-0.2, 0) is 26.0 Å². The molecule has 0 saturated carbocycles. The highest BCUT2D eigenvalue weighted by Crippen LogP contribution is 2.31. The molecule has 2 rings (SSSR count). The summed E-state index contributed by atoms with van der Waals surface area (Å²) in [5.74, 6) is 4.57. The lowest BCUT2D eigenvalue weighted by Gasteiger charge is -2.23. The first-order valence-electron chi connectivity index (χ1n) is 6.92. The molecule has 4 N–H and O–H groups in total. The largest absolute Gasteiger partial charge is 0.298 e. The molecule has 1 aliphatic carbocycles. The zero-order valence-electron chi connectivity index (χ0n) is 13.1. The van der Waals surface area contributed by atoms with Crippen molar-refractivity contribution in [1.82, 2.24) is 14.4 Å². The Balaban J connectivity index is 2.67. The van der Waals surface area contributed by atoms with E-state index >= 15 is 0 Å². The number of nitrogens with two attached hydrogens (primary N) is 1. The molecular formula is C13H19N5O4S. The van der Waals surface area contributed by atoms with Gasteiger partial charge in [0.15, 0.2) is 0 Å². The first kappa shape index (κ1) is 17.2. The second kappa shape index (κ2) is 5.78. The number of hydrazine groups is 1. The van der Waals surface area contributed by atoms with Crippen LogP contribution in [0, 0.1) is 0 Å². The number of aromatic nitrogens is 2. The van der Waals surface area contributed by atoms with Gasteiger partial charge in [-0.1, -0.05) is 0 Å². The molecule has 23 heavy (non-hydrogen) atoms. The van der Waals surface area contributed by atoms with Crippen molar-refractivity contribution < 1.29 is 18.0 Å². The van der Waals surface area contributed by atoms with Crippen LogP contribution >= 0.6 is 0 Å². The molecule has 0 bridgehead atoms. The van der Waals surface area contributed by atoms with Gasteiger partial charge >= 0.3 is 0 Å². The Kier molecular flexibility index (Phi) is 4.31. The van der Waals surface area contributed by atoms with Crippen LogP contribution in [0.15, 0.2) is 5.57 Å². The van der Waals surface area contributed by atoms with Crippen LogP contribution in [0.3, 0.4) is 0 Å². The van der Waals surface area contributed by atoms with Crippen LogP contribution in [0.5, 0.6) is 0 Å². The van der Waals surface area contributed by atoms with E-state index in [-0.39, 0.29) is 12.4 Å². The van der Waals surface area contributed by atoms with E-state index in [9.17, 15) is 18.0 Å². The summed E-state index contributed by atoms with van der Waals surface area (Å²) in [6.07, 6.45) is 2.45. The molecule has 1 aromatic heterocycles. The minimum absolute atomic E-state index is 0.0921. The third kappa shape index (κ3) is 2.86. The molecule has 0 fully saturated rings. The molecule has 0 spiro atoms. The van der Waals surface area contributed by atoms with E-state index in [1.54, 1.807) is 20.8 Å². The van der Waals surface area contributed by atoms with Crippen molar-refractivity contribution in [3.8, 4) is 0 Å². The topological polar surface area (TPSA) is 136 Å². The average Bonchev–Trinajstić information content (AvgIpc) is 2.83. The van der Waals surface area contributed by atoms with Crippen LogP contribution in [0.25, 0.3) is 6.08 Å². The van der Waals surface area contributed by atoms with E-state index in [0.717, 1.165) is 3.97 Å². The van der Waals surface area contributed by atoms with Gasteiger partial charge in [-0.25, -0.2) is 23.2 Å². The van der Waals surface area contributed by atoms with E-state index in [0.29, 0.717) is 29.8 Å². The maximum Gasteiger partial charge on any atom is 0.261 e.